The van der Waals surface area contributed by atoms with Gasteiger partial charge in [0, 0.05) is 24.1 Å². The largest absolute Gasteiger partial charge is 0.456 e. The Morgan fingerprint density at radius 3 is 2.28 bits per heavy atom. The van der Waals surface area contributed by atoms with Crippen molar-refractivity contribution >= 4 is 29.4 Å². The Balaban J connectivity index is 1.37. The normalized spacial score (nSPS) is 13.1. The average molecular weight is 487 g/mol. The number of hydrogen-bond donors (Lipinski definition) is 2. The first-order chi connectivity index (χ1) is 17.5. The third-order valence-corrected chi connectivity index (χ3v) is 5.74. The summed E-state index contributed by atoms with van der Waals surface area (Å²) in [6.07, 6.45) is 0.301. The van der Waals surface area contributed by atoms with Crippen LogP contribution in [-0.4, -0.2) is 36.4 Å². The molecule has 3 aromatic carbocycles. The molecule has 0 fully saturated rings. The lowest BCUT2D eigenvalue weighted by Crippen LogP contribution is -2.44. The molecule has 4 rings (SSSR count). The van der Waals surface area contributed by atoms with Crippen molar-refractivity contribution in [2.75, 3.05) is 11.9 Å². The summed E-state index contributed by atoms with van der Waals surface area (Å²) in [4.78, 5) is 49.5. The van der Waals surface area contributed by atoms with Crippen LogP contribution in [0.3, 0.4) is 0 Å². The van der Waals surface area contributed by atoms with E-state index in [1.54, 1.807) is 18.2 Å². The Labute approximate surface area is 208 Å². The molecule has 0 saturated heterocycles. The van der Waals surface area contributed by atoms with Crippen LogP contribution < -0.4 is 10.6 Å². The fourth-order valence-corrected chi connectivity index (χ4v) is 3.83. The Hall–Kier alpha value is -4.46. The van der Waals surface area contributed by atoms with Gasteiger partial charge in [0.25, 0.3) is 0 Å². The average Bonchev–Trinajstić information content (AvgIpc) is 2.91. The summed E-state index contributed by atoms with van der Waals surface area (Å²) in [6, 6.07) is 22.2. The molecule has 0 radical (unpaired) electrons. The summed E-state index contributed by atoms with van der Waals surface area (Å²) in [5, 5.41) is 5.32. The number of rotatable bonds is 9. The van der Waals surface area contributed by atoms with E-state index in [0.717, 1.165) is 16.7 Å². The third kappa shape index (κ3) is 6.79. The lowest BCUT2D eigenvalue weighted by Gasteiger charge is -2.18. The van der Waals surface area contributed by atoms with Crippen LogP contribution in [0.25, 0.3) is 0 Å². The van der Waals surface area contributed by atoms with Gasteiger partial charge in [-0.15, -0.1) is 0 Å². The standard InChI is InChI=1S/C28H26N2O6/c31-25(22-11-13-23-21(16-22)12-14-26(32)29-23)18-35-27(33)24(15-19-7-3-1-4-8-19)30-28(34)36-17-20-9-5-2-6-10-20/h1-11,13,16,24H,12,14-15,17-18H2,(H,29,32)(H,30,34). The second kappa shape index (κ2) is 11.8. The highest BCUT2D eigenvalue weighted by atomic mass is 16.6. The van der Waals surface area contributed by atoms with Gasteiger partial charge in [-0.2, -0.15) is 0 Å². The quantitative estimate of drug-likeness (QED) is 0.351. The Morgan fingerprint density at radius 1 is 0.861 bits per heavy atom. The number of ether oxygens (including phenoxy) is 2. The minimum Gasteiger partial charge on any atom is -0.456 e. The topological polar surface area (TPSA) is 111 Å². The molecule has 0 aromatic heterocycles. The summed E-state index contributed by atoms with van der Waals surface area (Å²) in [7, 11) is 0. The molecule has 3 aromatic rings. The highest BCUT2D eigenvalue weighted by molar-refractivity contribution is 6.00. The molecule has 184 valence electrons. The van der Waals surface area contributed by atoms with Crippen LogP contribution in [0.2, 0.25) is 0 Å². The van der Waals surface area contributed by atoms with Gasteiger partial charge in [-0.05, 0) is 41.3 Å². The lowest BCUT2D eigenvalue weighted by atomic mass is 9.99. The zero-order valence-corrected chi connectivity index (χ0v) is 19.6. The molecule has 0 bridgehead atoms. The van der Waals surface area contributed by atoms with Gasteiger partial charge in [0.1, 0.15) is 12.6 Å². The third-order valence-electron chi connectivity index (χ3n) is 5.74. The number of esters is 1. The van der Waals surface area contributed by atoms with Crippen LogP contribution in [0.5, 0.6) is 0 Å². The summed E-state index contributed by atoms with van der Waals surface area (Å²) < 4.78 is 10.5. The van der Waals surface area contributed by atoms with E-state index in [0.29, 0.717) is 24.1 Å². The van der Waals surface area contributed by atoms with Gasteiger partial charge in [0.05, 0.1) is 0 Å². The van der Waals surface area contributed by atoms with Gasteiger partial charge in [0.2, 0.25) is 5.91 Å². The van der Waals surface area contributed by atoms with Crippen LogP contribution in [-0.2, 0) is 38.5 Å². The molecule has 0 saturated carbocycles. The molecule has 1 atom stereocenters. The number of ketones is 1. The predicted molar refractivity (Wildman–Crippen MR) is 132 cm³/mol. The molecular weight excluding hydrogens is 460 g/mol. The van der Waals surface area contributed by atoms with Crippen LogP contribution >= 0.6 is 0 Å². The monoisotopic (exact) mass is 486 g/mol. The zero-order chi connectivity index (χ0) is 25.3. The fraction of sp³-hybridized carbons (Fsp3) is 0.214. The number of anilines is 1. The molecule has 1 aliphatic rings. The molecule has 2 N–H and O–H groups in total. The Bertz CT molecular complexity index is 1240. The van der Waals surface area contributed by atoms with Crippen molar-refractivity contribution in [3.8, 4) is 0 Å². The number of hydrogen-bond acceptors (Lipinski definition) is 6. The highest BCUT2D eigenvalue weighted by Gasteiger charge is 2.25. The van der Waals surface area contributed by atoms with Crippen LogP contribution in [0.1, 0.15) is 33.5 Å². The summed E-state index contributed by atoms with van der Waals surface area (Å²) in [6.45, 7) is -0.424. The maximum Gasteiger partial charge on any atom is 0.408 e. The number of carbonyl (C=O) groups is 4. The second-order valence-corrected chi connectivity index (χ2v) is 8.40. The SMILES string of the molecule is O=C1CCc2cc(C(=O)COC(=O)C(Cc3ccccc3)NC(=O)OCc3ccccc3)ccc2N1. The van der Waals surface area contributed by atoms with Crippen molar-refractivity contribution in [2.24, 2.45) is 0 Å². The number of Topliss-reactive ketones (excluding diaryl/α,β-unsaturated/α-hetero) is 1. The molecule has 36 heavy (non-hydrogen) atoms. The van der Waals surface area contributed by atoms with Crippen molar-refractivity contribution in [3.63, 3.8) is 0 Å². The number of benzene rings is 3. The summed E-state index contributed by atoms with van der Waals surface area (Å²) >= 11 is 0. The number of aryl methyl sites for hydroxylation is 1. The van der Waals surface area contributed by atoms with Gasteiger partial charge in [0.15, 0.2) is 12.4 Å². The van der Waals surface area contributed by atoms with Gasteiger partial charge in [-0.25, -0.2) is 9.59 Å². The van der Waals surface area contributed by atoms with E-state index in [9.17, 15) is 19.2 Å². The van der Waals surface area contributed by atoms with E-state index in [1.165, 1.54) is 0 Å². The van der Waals surface area contributed by atoms with Crippen LogP contribution in [0.15, 0.2) is 78.9 Å². The first-order valence-corrected chi connectivity index (χ1v) is 11.6. The molecule has 1 aliphatic heterocycles. The Morgan fingerprint density at radius 2 is 1.56 bits per heavy atom. The Kier molecular flexibility index (Phi) is 8.08. The molecule has 1 unspecified atom stereocenters. The van der Waals surface area contributed by atoms with Gasteiger partial charge in [-0.1, -0.05) is 60.7 Å². The van der Waals surface area contributed by atoms with Crippen molar-refractivity contribution in [2.45, 2.75) is 31.9 Å². The molecule has 0 spiro atoms. The van der Waals surface area contributed by atoms with Crippen LogP contribution in [0, 0.1) is 0 Å². The minimum absolute atomic E-state index is 0.0526. The molecule has 8 heteroatoms. The smallest absolute Gasteiger partial charge is 0.408 e. The van der Waals surface area contributed by atoms with E-state index in [2.05, 4.69) is 10.6 Å². The number of carbonyl (C=O) groups excluding carboxylic acids is 4. The van der Waals surface area contributed by atoms with E-state index in [-0.39, 0.29) is 24.7 Å². The molecule has 0 aliphatic carbocycles. The van der Waals surface area contributed by atoms with E-state index in [4.69, 9.17) is 9.47 Å². The molecule has 2 amide bonds. The number of amides is 2. The van der Waals surface area contributed by atoms with Crippen molar-refractivity contribution in [3.05, 3.63) is 101 Å². The highest BCUT2D eigenvalue weighted by Crippen LogP contribution is 2.23. The fourth-order valence-electron chi connectivity index (χ4n) is 3.83. The second-order valence-electron chi connectivity index (χ2n) is 8.40. The first kappa shape index (κ1) is 24.7. The minimum atomic E-state index is -1.04. The number of alkyl carbamates (subject to hydrolysis) is 1. The maximum atomic E-state index is 12.9. The van der Waals surface area contributed by atoms with Crippen molar-refractivity contribution < 1.29 is 28.7 Å². The van der Waals surface area contributed by atoms with Gasteiger partial charge < -0.3 is 20.1 Å². The van der Waals surface area contributed by atoms with Gasteiger partial charge in [-0.3, -0.25) is 9.59 Å². The van der Waals surface area contributed by atoms with E-state index in [1.807, 2.05) is 60.7 Å². The van der Waals surface area contributed by atoms with E-state index < -0.39 is 24.7 Å². The van der Waals surface area contributed by atoms with Crippen LogP contribution in [0.4, 0.5) is 10.5 Å². The summed E-state index contributed by atoms with van der Waals surface area (Å²) in [5.74, 6) is -1.18. The van der Waals surface area contributed by atoms with E-state index >= 15 is 0 Å². The van der Waals surface area contributed by atoms with Crippen molar-refractivity contribution in [1.29, 1.82) is 0 Å². The van der Waals surface area contributed by atoms with Crippen molar-refractivity contribution in [1.82, 2.24) is 5.32 Å². The molecular formula is C28H26N2O6. The van der Waals surface area contributed by atoms with Gasteiger partial charge >= 0.3 is 12.1 Å². The molecule has 1 heterocycles. The predicted octanol–water partition coefficient (Wildman–Crippen LogP) is 3.83. The molecule has 8 nitrogen and oxygen atoms in total. The summed E-state index contributed by atoms with van der Waals surface area (Å²) in [5.41, 5.74) is 3.54. The number of nitrogens with one attached hydrogen (secondary N) is 2. The first-order valence-electron chi connectivity index (χ1n) is 11.6. The lowest BCUT2D eigenvalue weighted by molar-refractivity contribution is -0.144. The maximum absolute atomic E-state index is 12.9. The zero-order valence-electron chi connectivity index (χ0n) is 19.6. The number of fused-ring (bicyclic) bond motifs is 1.